The first-order chi connectivity index (χ1) is 16.6. The van der Waals surface area contributed by atoms with Crippen LogP contribution in [0.25, 0.3) is 6.08 Å². The molecule has 0 unspecified atom stereocenters. The summed E-state index contributed by atoms with van der Waals surface area (Å²) in [5.41, 5.74) is 4.57. The second-order valence-electron chi connectivity index (χ2n) is 8.48. The minimum absolute atomic E-state index is 0.0906. The highest BCUT2D eigenvalue weighted by molar-refractivity contribution is 6.15. The first-order valence-corrected chi connectivity index (χ1v) is 11.3. The van der Waals surface area contributed by atoms with Crippen molar-refractivity contribution in [2.45, 2.75) is 19.9 Å². The van der Waals surface area contributed by atoms with Crippen LogP contribution in [0, 0.1) is 6.92 Å². The van der Waals surface area contributed by atoms with Crippen molar-refractivity contribution in [2.24, 2.45) is 0 Å². The monoisotopic (exact) mass is 457 g/mol. The number of allylic oxidation sites excluding steroid dienone is 1. The van der Waals surface area contributed by atoms with Gasteiger partial charge in [0.05, 0.1) is 19.8 Å². The van der Waals surface area contributed by atoms with E-state index in [4.69, 9.17) is 18.9 Å². The summed E-state index contributed by atoms with van der Waals surface area (Å²) >= 11 is 0. The van der Waals surface area contributed by atoms with Crippen LogP contribution in [0.4, 0.5) is 0 Å². The Labute approximate surface area is 199 Å². The lowest BCUT2D eigenvalue weighted by molar-refractivity contribution is 0.0953. The molecule has 2 aliphatic rings. The molecule has 0 aliphatic carbocycles. The van der Waals surface area contributed by atoms with Gasteiger partial charge in [0.25, 0.3) is 0 Å². The van der Waals surface area contributed by atoms with Crippen molar-refractivity contribution in [3.05, 3.63) is 88.2 Å². The van der Waals surface area contributed by atoms with Crippen molar-refractivity contribution in [1.29, 1.82) is 0 Å². The summed E-state index contributed by atoms with van der Waals surface area (Å²) in [4.78, 5) is 15.3. The molecule has 0 N–H and O–H groups in total. The lowest BCUT2D eigenvalue weighted by atomic mass is 10.00. The van der Waals surface area contributed by atoms with Crippen LogP contribution >= 0.6 is 0 Å². The topological polar surface area (TPSA) is 57.2 Å². The Balaban J connectivity index is 1.32. The van der Waals surface area contributed by atoms with E-state index in [1.54, 1.807) is 20.3 Å². The van der Waals surface area contributed by atoms with Crippen LogP contribution in [0.2, 0.25) is 0 Å². The smallest absolute Gasteiger partial charge is 0.231 e. The number of hydrogen-bond acceptors (Lipinski definition) is 6. The molecule has 0 saturated carbocycles. The number of carbonyl (C=O) groups excluding carboxylic acids is 1. The van der Waals surface area contributed by atoms with E-state index in [0.717, 1.165) is 52.5 Å². The van der Waals surface area contributed by atoms with Crippen molar-refractivity contribution < 1.29 is 23.7 Å². The maximum Gasteiger partial charge on any atom is 0.231 e. The number of nitrogens with zero attached hydrogens (tertiary/aromatic N) is 1. The number of methoxy groups -OCH3 is 2. The van der Waals surface area contributed by atoms with E-state index in [1.165, 1.54) is 0 Å². The highest BCUT2D eigenvalue weighted by Crippen LogP contribution is 2.43. The molecule has 0 atom stereocenters. The van der Waals surface area contributed by atoms with E-state index in [9.17, 15) is 4.79 Å². The lowest BCUT2D eigenvalue weighted by Crippen LogP contribution is -2.34. The van der Waals surface area contributed by atoms with Gasteiger partial charge in [-0.3, -0.25) is 9.69 Å². The summed E-state index contributed by atoms with van der Waals surface area (Å²) in [7, 11) is 3.28. The average molecular weight is 458 g/mol. The molecule has 5 rings (SSSR count). The Kier molecular flexibility index (Phi) is 5.99. The number of carbonyl (C=O) groups is 1. The van der Waals surface area contributed by atoms with Gasteiger partial charge in [-0.05, 0) is 48.7 Å². The molecule has 0 amide bonds. The SMILES string of the molecule is COc1ccc(CCN2COc3c(cc4c(c3C)O/C(=C\c3ccccc3)C4=O)C2)cc1OC. The molecule has 2 aliphatic heterocycles. The van der Waals surface area contributed by atoms with Crippen molar-refractivity contribution in [3.8, 4) is 23.0 Å². The third-order valence-corrected chi connectivity index (χ3v) is 6.26. The average Bonchev–Trinajstić information content (AvgIpc) is 3.18. The number of ketones is 1. The highest BCUT2D eigenvalue weighted by atomic mass is 16.5. The molecule has 0 fully saturated rings. The lowest BCUT2D eigenvalue weighted by Gasteiger charge is -2.30. The van der Waals surface area contributed by atoms with Crippen molar-refractivity contribution in [2.75, 3.05) is 27.5 Å². The largest absolute Gasteiger partial charge is 0.493 e. The Bertz CT molecular complexity index is 1270. The summed E-state index contributed by atoms with van der Waals surface area (Å²) in [5, 5.41) is 0. The van der Waals surface area contributed by atoms with E-state index in [1.807, 2.05) is 61.5 Å². The van der Waals surface area contributed by atoms with Crippen LogP contribution in [0.1, 0.15) is 32.6 Å². The third kappa shape index (κ3) is 4.13. The first kappa shape index (κ1) is 22.0. The van der Waals surface area contributed by atoms with Crippen LogP contribution in [0.5, 0.6) is 23.0 Å². The standard InChI is InChI=1S/C28H27NO5/c1-18-27-21(15-22-26(30)25(34-28(18)22)14-19-7-5-4-6-8-19)16-29(17-33-27)12-11-20-9-10-23(31-2)24(13-20)32-3/h4-10,13-15H,11-12,16-17H2,1-3H3/b25-14-. The molecule has 6 nitrogen and oxygen atoms in total. The maximum atomic E-state index is 13.1. The van der Waals surface area contributed by atoms with Gasteiger partial charge in [0, 0.05) is 24.2 Å². The molecule has 3 aromatic carbocycles. The van der Waals surface area contributed by atoms with E-state index in [-0.39, 0.29) is 5.78 Å². The van der Waals surface area contributed by atoms with Gasteiger partial charge in [-0.25, -0.2) is 0 Å². The van der Waals surface area contributed by atoms with Gasteiger partial charge in [0.15, 0.2) is 17.3 Å². The third-order valence-electron chi connectivity index (χ3n) is 6.26. The van der Waals surface area contributed by atoms with Crippen LogP contribution in [-0.2, 0) is 13.0 Å². The van der Waals surface area contributed by atoms with Gasteiger partial charge in [-0.2, -0.15) is 0 Å². The molecule has 0 bridgehead atoms. The summed E-state index contributed by atoms with van der Waals surface area (Å²) in [6.45, 7) is 3.96. The Hall–Kier alpha value is -3.77. The Morgan fingerprint density at radius 3 is 2.56 bits per heavy atom. The number of ether oxygens (including phenoxy) is 4. The molecule has 0 saturated heterocycles. The molecular weight excluding hydrogens is 430 g/mol. The second kappa shape index (κ2) is 9.23. The predicted octanol–water partition coefficient (Wildman–Crippen LogP) is 5.02. The Morgan fingerprint density at radius 2 is 1.79 bits per heavy atom. The van der Waals surface area contributed by atoms with Crippen molar-refractivity contribution >= 4 is 11.9 Å². The molecule has 34 heavy (non-hydrogen) atoms. The summed E-state index contributed by atoms with van der Waals surface area (Å²) in [6, 6.07) is 17.6. The van der Waals surface area contributed by atoms with Gasteiger partial charge in [-0.1, -0.05) is 36.4 Å². The number of fused-ring (bicyclic) bond motifs is 2. The quantitative estimate of drug-likeness (QED) is 0.485. The zero-order valence-electron chi connectivity index (χ0n) is 19.6. The van der Waals surface area contributed by atoms with Crippen LogP contribution in [0.15, 0.2) is 60.4 Å². The zero-order valence-corrected chi connectivity index (χ0v) is 19.6. The molecule has 0 spiro atoms. The van der Waals surface area contributed by atoms with Gasteiger partial charge in [0.1, 0.15) is 18.2 Å². The summed E-state index contributed by atoms with van der Waals surface area (Å²) < 4.78 is 22.9. The van der Waals surface area contributed by atoms with Crippen LogP contribution < -0.4 is 18.9 Å². The number of Topliss-reactive ketones (excluding diaryl/α,β-unsaturated/α-hetero) is 1. The van der Waals surface area contributed by atoms with Gasteiger partial charge in [0.2, 0.25) is 5.78 Å². The Morgan fingerprint density at radius 1 is 1.00 bits per heavy atom. The minimum atomic E-state index is -0.0906. The van der Waals surface area contributed by atoms with Crippen molar-refractivity contribution in [1.82, 2.24) is 4.90 Å². The number of hydrogen-bond donors (Lipinski definition) is 0. The van der Waals surface area contributed by atoms with E-state index >= 15 is 0 Å². The molecule has 0 aromatic heterocycles. The fraction of sp³-hybridized carbons (Fsp3) is 0.250. The molecule has 3 aromatic rings. The van der Waals surface area contributed by atoms with E-state index in [2.05, 4.69) is 4.90 Å². The maximum absolute atomic E-state index is 13.1. The van der Waals surface area contributed by atoms with Gasteiger partial charge >= 0.3 is 0 Å². The number of rotatable bonds is 6. The molecule has 174 valence electrons. The predicted molar refractivity (Wildman–Crippen MR) is 130 cm³/mol. The summed E-state index contributed by atoms with van der Waals surface area (Å²) in [5.74, 6) is 3.12. The van der Waals surface area contributed by atoms with E-state index < -0.39 is 0 Å². The molecule has 6 heteroatoms. The van der Waals surface area contributed by atoms with E-state index in [0.29, 0.717) is 30.3 Å². The normalized spacial score (nSPS) is 16.0. The minimum Gasteiger partial charge on any atom is -0.493 e. The highest BCUT2D eigenvalue weighted by Gasteiger charge is 2.33. The van der Waals surface area contributed by atoms with Crippen molar-refractivity contribution in [3.63, 3.8) is 0 Å². The van der Waals surface area contributed by atoms with Gasteiger partial charge in [-0.15, -0.1) is 0 Å². The first-order valence-electron chi connectivity index (χ1n) is 11.3. The second-order valence-corrected chi connectivity index (χ2v) is 8.48. The fourth-order valence-corrected chi connectivity index (χ4v) is 4.46. The summed E-state index contributed by atoms with van der Waals surface area (Å²) in [6.07, 6.45) is 2.63. The molecular formula is C28H27NO5. The zero-order chi connectivity index (χ0) is 23.7. The van der Waals surface area contributed by atoms with Crippen LogP contribution in [0.3, 0.4) is 0 Å². The van der Waals surface area contributed by atoms with Gasteiger partial charge < -0.3 is 18.9 Å². The van der Waals surface area contributed by atoms with Crippen LogP contribution in [-0.4, -0.2) is 38.2 Å². The molecule has 2 heterocycles. The fourth-order valence-electron chi connectivity index (χ4n) is 4.46. The molecule has 0 radical (unpaired) electrons. The number of benzene rings is 3.